The molecule has 0 aliphatic heterocycles. The highest BCUT2D eigenvalue weighted by molar-refractivity contribution is 5.43. The molecular formula is C16H8F12O2. The zero-order chi connectivity index (χ0) is 23.7. The Labute approximate surface area is 159 Å². The summed E-state index contributed by atoms with van der Waals surface area (Å²) >= 11 is 0. The third-order valence-electron chi connectivity index (χ3n) is 3.22. The molecule has 0 radical (unpaired) electrons. The molecule has 0 aliphatic rings. The van der Waals surface area contributed by atoms with Gasteiger partial charge in [0.2, 0.25) is 0 Å². The molecule has 2 rings (SSSR count). The number of para-hydroxylation sites is 1. The normalized spacial score (nSPS) is 12.9. The fraction of sp³-hybridized carbons (Fsp3) is 0.250. The van der Waals surface area contributed by atoms with Gasteiger partial charge in [-0.2, -0.15) is 52.7 Å². The number of phenols is 2. The van der Waals surface area contributed by atoms with Crippen LogP contribution in [0.15, 0.2) is 36.4 Å². The van der Waals surface area contributed by atoms with Crippen LogP contribution in [-0.2, 0) is 24.7 Å². The SMILES string of the molecule is Oc1c(C(F)(F)F)cccc1C(F)(F)F.Oc1cc(C(F)(F)F)cc(C(F)(F)F)c1. The second-order valence-corrected chi connectivity index (χ2v) is 5.46. The Morgan fingerprint density at radius 3 is 1.10 bits per heavy atom. The van der Waals surface area contributed by atoms with Crippen molar-refractivity contribution in [2.24, 2.45) is 0 Å². The van der Waals surface area contributed by atoms with E-state index in [0.717, 1.165) is 0 Å². The number of hydrogen-bond donors (Lipinski definition) is 2. The maximum Gasteiger partial charge on any atom is 0.419 e. The van der Waals surface area contributed by atoms with Crippen LogP contribution in [0.1, 0.15) is 22.3 Å². The molecule has 0 bridgehead atoms. The summed E-state index contributed by atoms with van der Waals surface area (Å²) in [6.45, 7) is 0. The van der Waals surface area contributed by atoms with Crippen molar-refractivity contribution < 1.29 is 62.9 Å². The van der Waals surface area contributed by atoms with Crippen molar-refractivity contribution in [1.82, 2.24) is 0 Å². The van der Waals surface area contributed by atoms with Crippen molar-refractivity contribution in [3.8, 4) is 11.5 Å². The highest BCUT2D eigenvalue weighted by Gasteiger charge is 2.41. The maximum absolute atomic E-state index is 12.1. The molecule has 0 saturated carbocycles. The zero-order valence-electron chi connectivity index (χ0n) is 13.9. The van der Waals surface area contributed by atoms with Crippen LogP contribution in [0.2, 0.25) is 0 Å². The molecule has 14 heteroatoms. The van der Waals surface area contributed by atoms with Crippen molar-refractivity contribution in [3.63, 3.8) is 0 Å². The summed E-state index contributed by atoms with van der Waals surface area (Å²) in [7, 11) is 0. The van der Waals surface area contributed by atoms with Gasteiger partial charge in [0.1, 0.15) is 11.5 Å². The Hall–Kier alpha value is -2.80. The van der Waals surface area contributed by atoms with Crippen LogP contribution in [0, 0.1) is 0 Å². The van der Waals surface area contributed by atoms with Crippen LogP contribution >= 0.6 is 0 Å². The molecule has 0 aliphatic carbocycles. The first-order valence-electron chi connectivity index (χ1n) is 7.19. The van der Waals surface area contributed by atoms with Gasteiger partial charge in [0.15, 0.2) is 0 Å². The number of alkyl halides is 12. The lowest BCUT2D eigenvalue weighted by molar-refractivity contribution is -0.146. The predicted molar refractivity (Wildman–Crippen MR) is 76.2 cm³/mol. The fourth-order valence-corrected chi connectivity index (χ4v) is 1.94. The topological polar surface area (TPSA) is 40.5 Å². The summed E-state index contributed by atoms with van der Waals surface area (Å²) < 4.78 is 145. The van der Waals surface area contributed by atoms with Crippen molar-refractivity contribution >= 4 is 0 Å². The van der Waals surface area contributed by atoms with Crippen LogP contribution in [0.25, 0.3) is 0 Å². The molecule has 168 valence electrons. The first kappa shape index (κ1) is 25.2. The minimum absolute atomic E-state index is 0.0558. The third kappa shape index (κ3) is 6.62. The molecule has 0 saturated heterocycles. The molecule has 0 aromatic heterocycles. The van der Waals surface area contributed by atoms with E-state index in [1.165, 1.54) is 0 Å². The lowest BCUT2D eigenvalue weighted by Gasteiger charge is -2.13. The predicted octanol–water partition coefficient (Wildman–Crippen LogP) is 6.86. The average molecular weight is 460 g/mol. The Morgan fingerprint density at radius 1 is 0.500 bits per heavy atom. The summed E-state index contributed by atoms with van der Waals surface area (Å²) in [6, 6.07) is 1.75. The van der Waals surface area contributed by atoms with Crippen LogP contribution in [0.5, 0.6) is 11.5 Å². The second-order valence-electron chi connectivity index (χ2n) is 5.46. The minimum atomic E-state index is -5.01. The molecule has 0 atom stereocenters. The van der Waals surface area contributed by atoms with Crippen molar-refractivity contribution in [1.29, 1.82) is 0 Å². The first-order valence-corrected chi connectivity index (χ1v) is 7.19. The molecule has 2 aromatic rings. The number of benzene rings is 2. The van der Waals surface area contributed by atoms with Gasteiger partial charge in [0.25, 0.3) is 0 Å². The lowest BCUT2D eigenvalue weighted by atomic mass is 10.1. The van der Waals surface area contributed by atoms with Crippen LogP contribution < -0.4 is 0 Å². The number of rotatable bonds is 0. The van der Waals surface area contributed by atoms with E-state index in [1.54, 1.807) is 0 Å². The minimum Gasteiger partial charge on any atom is -0.508 e. The molecular weight excluding hydrogens is 452 g/mol. The van der Waals surface area contributed by atoms with Crippen molar-refractivity contribution in [2.75, 3.05) is 0 Å². The van der Waals surface area contributed by atoms with Gasteiger partial charge in [0.05, 0.1) is 22.3 Å². The quantitative estimate of drug-likeness (QED) is 0.422. The van der Waals surface area contributed by atoms with Gasteiger partial charge in [-0.15, -0.1) is 0 Å². The van der Waals surface area contributed by atoms with E-state index in [0.29, 0.717) is 18.2 Å². The Kier molecular flexibility index (Phi) is 6.85. The fourth-order valence-electron chi connectivity index (χ4n) is 1.94. The Balaban J connectivity index is 0.000000300. The van der Waals surface area contributed by atoms with Gasteiger partial charge in [0, 0.05) is 0 Å². The molecule has 0 amide bonds. The molecule has 0 heterocycles. The van der Waals surface area contributed by atoms with Gasteiger partial charge in [-0.25, -0.2) is 0 Å². The van der Waals surface area contributed by atoms with Gasteiger partial charge >= 0.3 is 24.7 Å². The summed E-state index contributed by atoms with van der Waals surface area (Å²) in [5.41, 5.74) is -6.46. The molecule has 2 nitrogen and oxygen atoms in total. The van der Waals surface area contributed by atoms with Crippen molar-refractivity contribution in [2.45, 2.75) is 24.7 Å². The number of aromatic hydroxyl groups is 2. The highest BCUT2D eigenvalue weighted by Crippen LogP contribution is 2.43. The van der Waals surface area contributed by atoms with Gasteiger partial charge < -0.3 is 10.2 Å². The first-order chi connectivity index (χ1) is 13.2. The van der Waals surface area contributed by atoms with E-state index in [-0.39, 0.29) is 18.2 Å². The molecule has 2 N–H and O–H groups in total. The largest absolute Gasteiger partial charge is 0.508 e. The maximum atomic E-state index is 12.1. The van der Waals surface area contributed by atoms with E-state index < -0.39 is 58.5 Å². The summed E-state index contributed by atoms with van der Waals surface area (Å²) in [5.74, 6) is -2.87. The molecule has 30 heavy (non-hydrogen) atoms. The molecule has 2 aromatic carbocycles. The third-order valence-corrected chi connectivity index (χ3v) is 3.22. The molecule has 0 spiro atoms. The molecule has 0 fully saturated rings. The number of phenolic OH excluding ortho intramolecular Hbond substituents is 2. The summed E-state index contributed by atoms with van der Waals surface area (Å²) in [4.78, 5) is 0. The lowest BCUT2D eigenvalue weighted by Crippen LogP contribution is -2.11. The van der Waals surface area contributed by atoms with Gasteiger partial charge in [-0.05, 0) is 30.3 Å². The van der Waals surface area contributed by atoms with E-state index in [1.807, 2.05) is 0 Å². The van der Waals surface area contributed by atoms with Gasteiger partial charge in [-0.1, -0.05) is 6.07 Å². The Morgan fingerprint density at radius 2 is 0.833 bits per heavy atom. The van der Waals surface area contributed by atoms with E-state index in [9.17, 15) is 52.7 Å². The van der Waals surface area contributed by atoms with Crippen LogP contribution in [0.4, 0.5) is 52.7 Å². The highest BCUT2D eigenvalue weighted by atomic mass is 19.4. The van der Waals surface area contributed by atoms with Gasteiger partial charge in [-0.3, -0.25) is 0 Å². The monoisotopic (exact) mass is 460 g/mol. The summed E-state index contributed by atoms with van der Waals surface area (Å²) in [5, 5.41) is 17.5. The average Bonchev–Trinajstić information content (AvgIpc) is 2.51. The second kappa shape index (κ2) is 8.14. The van der Waals surface area contributed by atoms with Crippen LogP contribution in [-0.4, -0.2) is 10.2 Å². The van der Waals surface area contributed by atoms with E-state index in [2.05, 4.69) is 0 Å². The number of hydrogen-bond acceptors (Lipinski definition) is 2. The number of halogens is 12. The van der Waals surface area contributed by atoms with E-state index >= 15 is 0 Å². The van der Waals surface area contributed by atoms with E-state index in [4.69, 9.17) is 10.2 Å². The Bertz CT molecular complexity index is 811. The van der Waals surface area contributed by atoms with Crippen LogP contribution in [0.3, 0.4) is 0 Å². The standard InChI is InChI=1S/2C8H4F6O/c9-7(10,11)4-1-5(8(12,13)14)3-6(15)2-4;9-7(10,11)4-2-1-3-5(6(4)15)8(12,13)14/h2*1-3,15H. The summed E-state index contributed by atoms with van der Waals surface area (Å²) in [6.07, 6.45) is -19.9. The van der Waals surface area contributed by atoms with Crippen molar-refractivity contribution in [3.05, 3.63) is 58.7 Å². The smallest absolute Gasteiger partial charge is 0.419 e. The zero-order valence-corrected chi connectivity index (χ0v) is 13.9. The molecule has 0 unspecified atom stereocenters.